The normalized spacial score (nSPS) is 21.0. The number of hydrogen-bond acceptors (Lipinski definition) is 4. The molecule has 1 aliphatic carbocycles. The minimum Gasteiger partial charge on any atom is -0.383 e. The molecule has 2 amide bonds. The number of nitrogens with one attached hydrogen (secondary N) is 2. The number of aliphatic hydroxyl groups is 1. The highest BCUT2D eigenvalue weighted by atomic mass is 32.1. The van der Waals surface area contributed by atoms with E-state index < -0.39 is 5.60 Å². The fourth-order valence-electron chi connectivity index (χ4n) is 3.19. The van der Waals surface area contributed by atoms with Crippen molar-refractivity contribution in [3.05, 3.63) is 51.5 Å². The number of thiazole rings is 1. The first kappa shape index (κ1) is 16.9. The van der Waals surface area contributed by atoms with Crippen LogP contribution in [0.4, 0.5) is 4.79 Å². The Balaban J connectivity index is 1.60. The summed E-state index contributed by atoms with van der Waals surface area (Å²) in [5.74, 6) is 0. The van der Waals surface area contributed by atoms with Gasteiger partial charge >= 0.3 is 6.03 Å². The minimum absolute atomic E-state index is 0.156. The summed E-state index contributed by atoms with van der Waals surface area (Å²) in [6, 6.07) is 7.48. The molecule has 0 radical (unpaired) electrons. The molecule has 2 aromatic rings. The molecule has 0 spiro atoms. The Kier molecular flexibility index (Phi) is 4.87. The molecule has 1 aliphatic rings. The van der Waals surface area contributed by atoms with E-state index >= 15 is 0 Å². The Morgan fingerprint density at radius 1 is 1.46 bits per heavy atom. The van der Waals surface area contributed by atoms with Gasteiger partial charge in [-0.2, -0.15) is 0 Å². The van der Waals surface area contributed by atoms with Crippen molar-refractivity contribution < 1.29 is 9.90 Å². The molecule has 0 saturated carbocycles. The number of nitrogens with zero attached hydrogens (tertiary/aromatic N) is 1. The Hall–Kier alpha value is -1.92. The average molecular weight is 345 g/mol. The van der Waals surface area contributed by atoms with E-state index in [1.54, 1.807) is 17.5 Å². The van der Waals surface area contributed by atoms with Crippen molar-refractivity contribution in [2.24, 2.45) is 0 Å². The minimum atomic E-state index is -0.993. The fourth-order valence-corrected chi connectivity index (χ4v) is 3.97. The van der Waals surface area contributed by atoms with Crippen molar-refractivity contribution in [1.82, 2.24) is 15.6 Å². The van der Waals surface area contributed by atoms with Gasteiger partial charge in [0, 0.05) is 11.1 Å². The van der Waals surface area contributed by atoms with Crippen LogP contribution in [0.5, 0.6) is 0 Å². The third-order valence-corrected chi connectivity index (χ3v) is 5.55. The summed E-state index contributed by atoms with van der Waals surface area (Å²) < 4.78 is 0. The van der Waals surface area contributed by atoms with Crippen LogP contribution in [-0.2, 0) is 12.0 Å². The van der Waals surface area contributed by atoms with Crippen molar-refractivity contribution in [3.8, 4) is 0 Å². The van der Waals surface area contributed by atoms with Crippen molar-refractivity contribution in [2.45, 2.75) is 44.8 Å². The van der Waals surface area contributed by atoms with Crippen LogP contribution in [0.3, 0.4) is 0 Å². The van der Waals surface area contributed by atoms with Gasteiger partial charge in [-0.15, -0.1) is 11.3 Å². The molecular weight excluding hydrogens is 322 g/mol. The van der Waals surface area contributed by atoms with Crippen LogP contribution < -0.4 is 10.6 Å². The zero-order valence-electron chi connectivity index (χ0n) is 14.0. The molecular formula is C18H23N3O2S. The van der Waals surface area contributed by atoms with Crippen LogP contribution in [0.15, 0.2) is 30.5 Å². The van der Waals surface area contributed by atoms with Gasteiger partial charge in [0.05, 0.1) is 12.6 Å². The molecule has 24 heavy (non-hydrogen) atoms. The van der Waals surface area contributed by atoms with E-state index in [2.05, 4.69) is 15.6 Å². The van der Waals surface area contributed by atoms with Gasteiger partial charge in [0.2, 0.25) is 0 Å². The van der Waals surface area contributed by atoms with Crippen molar-refractivity contribution in [1.29, 1.82) is 0 Å². The first-order chi connectivity index (χ1) is 11.5. The highest BCUT2D eigenvalue weighted by Crippen LogP contribution is 2.34. The molecule has 5 nitrogen and oxygen atoms in total. The number of hydrogen-bond donors (Lipinski definition) is 3. The standard InChI is InChI=1S/C18H23N3O2S/c1-12-10-19-16(24-12)13(2)21-17(22)20-11-18(23)9-5-7-14-6-3-4-8-15(14)18/h3-4,6,8,10,13,23H,5,7,9,11H2,1-2H3,(H2,20,21,22). The molecule has 6 heteroatoms. The van der Waals surface area contributed by atoms with Gasteiger partial charge in [-0.05, 0) is 44.2 Å². The van der Waals surface area contributed by atoms with E-state index in [1.807, 2.05) is 38.1 Å². The van der Waals surface area contributed by atoms with Gasteiger partial charge in [0.15, 0.2) is 0 Å². The summed E-state index contributed by atoms with van der Waals surface area (Å²) in [5.41, 5.74) is 1.10. The van der Waals surface area contributed by atoms with E-state index in [9.17, 15) is 9.90 Å². The number of rotatable bonds is 4. The zero-order chi connectivity index (χ0) is 17.2. The molecule has 0 fully saturated rings. The van der Waals surface area contributed by atoms with Gasteiger partial charge in [0.25, 0.3) is 0 Å². The summed E-state index contributed by atoms with van der Waals surface area (Å²) >= 11 is 1.57. The lowest BCUT2D eigenvalue weighted by Gasteiger charge is -2.34. The number of aromatic nitrogens is 1. The van der Waals surface area contributed by atoms with Crippen LogP contribution in [0, 0.1) is 6.92 Å². The molecule has 3 N–H and O–H groups in total. The predicted molar refractivity (Wildman–Crippen MR) is 95.1 cm³/mol. The zero-order valence-corrected chi connectivity index (χ0v) is 14.8. The first-order valence-corrected chi connectivity index (χ1v) is 9.07. The number of amides is 2. The van der Waals surface area contributed by atoms with Crippen molar-refractivity contribution >= 4 is 17.4 Å². The van der Waals surface area contributed by atoms with Gasteiger partial charge in [0.1, 0.15) is 10.6 Å². The summed E-state index contributed by atoms with van der Waals surface area (Å²) in [6.45, 7) is 4.10. The van der Waals surface area contributed by atoms with E-state index in [0.29, 0.717) is 6.42 Å². The van der Waals surface area contributed by atoms with Gasteiger partial charge in [-0.3, -0.25) is 0 Å². The highest BCUT2D eigenvalue weighted by molar-refractivity contribution is 7.11. The summed E-state index contributed by atoms with van der Waals surface area (Å²) in [5, 5.41) is 17.5. The van der Waals surface area contributed by atoms with Gasteiger partial charge < -0.3 is 15.7 Å². The van der Waals surface area contributed by atoms with Crippen molar-refractivity contribution in [3.63, 3.8) is 0 Å². The lowest BCUT2D eigenvalue weighted by molar-refractivity contribution is 0.0216. The van der Waals surface area contributed by atoms with Crippen molar-refractivity contribution in [2.75, 3.05) is 6.54 Å². The van der Waals surface area contributed by atoms with Gasteiger partial charge in [-0.25, -0.2) is 9.78 Å². The maximum atomic E-state index is 12.2. The summed E-state index contributed by atoms with van der Waals surface area (Å²) in [4.78, 5) is 17.6. The van der Waals surface area contributed by atoms with Crippen LogP contribution >= 0.6 is 11.3 Å². The number of fused-ring (bicyclic) bond motifs is 1. The number of carbonyl (C=O) groups is 1. The summed E-state index contributed by atoms with van der Waals surface area (Å²) in [6.07, 6.45) is 4.36. The molecule has 2 atom stereocenters. The topological polar surface area (TPSA) is 74.2 Å². The predicted octanol–water partition coefficient (Wildman–Crippen LogP) is 3.04. The number of aryl methyl sites for hydroxylation is 2. The maximum Gasteiger partial charge on any atom is 0.315 e. The second kappa shape index (κ2) is 6.91. The van der Waals surface area contributed by atoms with Crippen LogP contribution in [0.25, 0.3) is 0 Å². The highest BCUT2D eigenvalue weighted by Gasteiger charge is 2.34. The largest absolute Gasteiger partial charge is 0.383 e. The Labute approximate surface area is 146 Å². The molecule has 3 rings (SSSR count). The third kappa shape index (κ3) is 3.60. The molecule has 128 valence electrons. The van der Waals surface area contributed by atoms with E-state index in [1.165, 1.54) is 5.56 Å². The van der Waals surface area contributed by atoms with Crippen LogP contribution in [-0.4, -0.2) is 22.7 Å². The second-order valence-electron chi connectivity index (χ2n) is 6.40. The van der Waals surface area contributed by atoms with E-state index in [4.69, 9.17) is 0 Å². The van der Waals surface area contributed by atoms with Crippen LogP contribution in [0.2, 0.25) is 0 Å². The Bertz CT molecular complexity index is 731. The molecule has 1 aromatic carbocycles. The summed E-state index contributed by atoms with van der Waals surface area (Å²) in [7, 11) is 0. The lowest BCUT2D eigenvalue weighted by Crippen LogP contribution is -2.46. The maximum absolute atomic E-state index is 12.2. The fraction of sp³-hybridized carbons (Fsp3) is 0.444. The molecule has 1 heterocycles. The molecule has 2 unspecified atom stereocenters. The first-order valence-electron chi connectivity index (χ1n) is 8.25. The lowest BCUT2D eigenvalue weighted by atomic mass is 9.79. The second-order valence-corrected chi connectivity index (χ2v) is 7.67. The Morgan fingerprint density at radius 2 is 2.25 bits per heavy atom. The SMILES string of the molecule is Cc1cnc(C(C)NC(=O)NCC2(O)CCCc3ccccc32)s1. The number of urea groups is 1. The molecule has 0 bridgehead atoms. The smallest absolute Gasteiger partial charge is 0.315 e. The van der Waals surface area contributed by atoms with E-state index in [-0.39, 0.29) is 18.6 Å². The monoisotopic (exact) mass is 345 g/mol. The quantitative estimate of drug-likeness (QED) is 0.797. The van der Waals surface area contributed by atoms with Gasteiger partial charge in [-0.1, -0.05) is 24.3 Å². The Morgan fingerprint density at radius 3 is 3.00 bits per heavy atom. The number of benzene rings is 1. The average Bonchev–Trinajstić information content (AvgIpc) is 3.00. The third-order valence-electron chi connectivity index (χ3n) is 4.45. The van der Waals surface area contributed by atoms with Crippen LogP contribution in [0.1, 0.15) is 46.8 Å². The molecule has 0 saturated heterocycles. The van der Waals surface area contributed by atoms with E-state index in [0.717, 1.165) is 28.3 Å². The molecule has 1 aromatic heterocycles. The molecule has 0 aliphatic heterocycles. The number of carbonyl (C=O) groups excluding carboxylic acids is 1.